The van der Waals surface area contributed by atoms with Gasteiger partial charge in [0.25, 0.3) is 0 Å². The van der Waals surface area contributed by atoms with Crippen LogP contribution >= 0.6 is 11.3 Å². The average Bonchev–Trinajstić information content (AvgIpc) is 2.75. The Morgan fingerprint density at radius 3 is 3.19 bits per heavy atom. The van der Waals surface area contributed by atoms with Gasteiger partial charge < -0.3 is 10.2 Å². The number of aromatic nitrogens is 1. The fourth-order valence-electron chi connectivity index (χ4n) is 2.14. The molecule has 1 fully saturated rings. The number of nitrogens with one attached hydrogen (secondary N) is 1. The zero-order valence-corrected chi connectivity index (χ0v) is 11.0. The molecule has 0 saturated carbocycles. The van der Waals surface area contributed by atoms with E-state index in [9.17, 15) is 0 Å². The van der Waals surface area contributed by atoms with Crippen LogP contribution in [0.1, 0.15) is 38.8 Å². The zero-order chi connectivity index (χ0) is 11.4. The van der Waals surface area contributed by atoms with E-state index in [4.69, 9.17) is 4.98 Å². The van der Waals surface area contributed by atoms with E-state index in [0.717, 1.165) is 13.1 Å². The van der Waals surface area contributed by atoms with Crippen molar-refractivity contribution in [2.75, 3.05) is 18.0 Å². The predicted molar refractivity (Wildman–Crippen MR) is 70.2 cm³/mol. The van der Waals surface area contributed by atoms with Crippen LogP contribution in [0.5, 0.6) is 0 Å². The number of piperidine rings is 1. The van der Waals surface area contributed by atoms with E-state index in [1.165, 1.54) is 36.6 Å². The number of hydrogen-bond donors (Lipinski definition) is 1. The Kier molecular flexibility index (Phi) is 4.18. The van der Waals surface area contributed by atoms with Crippen LogP contribution in [-0.4, -0.2) is 24.1 Å². The molecule has 0 aliphatic carbocycles. The fraction of sp³-hybridized carbons (Fsp3) is 0.750. The fourth-order valence-corrected chi connectivity index (χ4v) is 3.10. The van der Waals surface area contributed by atoms with Crippen LogP contribution in [0.3, 0.4) is 0 Å². The van der Waals surface area contributed by atoms with Crippen molar-refractivity contribution in [1.29, 1.82) is 0 Å². The normalized spacial score (nSPS) is 21.4. The molecule has 0 spiro atoms. The summed E-state index contributed by atoms with van der Waals surface area (Å²) in [4.78, 5) is 7.17. The van der Waals surface area contributed by atoms with Gasteiger partial charge >= 0.3 is 0 Å². The van der Waals surface area contributed by atoms with E-state index in [2.05, 4.69) is 29.4 Å². The topological polar surface area (TPSA) is 28.2 Å². The molecule has 1 N–H and O–H groups in total. The van der Waals surface area contributed by atoms with Gasteiger partial charge in [0.15, 0.2) is 5.13 Å². The zero-order valence-electron chi connectivity index (χ0n) is 10.2. The van der Waals surface area contributed by atoms with Crippen molar-refractivity contribution < 1.29 is 0 Å². The smallest absolute Gasteiger partial charge is 0.185 e. The summed E-state index contributed by atoms with van der Waals surface area (Å²) in [6, 6.07) is 0.659. The Morgan fingerprint density at radius 1 is 1.56 bits per heavy atom. The maximum Gasteiger partial charge on any atom is 0.185 e. The van der Waals surface area contributed by atoms with Crippen LogP contribution in [0, 0.1) is 0 Å². The van der Waals surface area contributed by atoms with Crippen molar-refractivity contribution in [3.63, 3.8) is 0 Å². The van der Waals surface area contributed by atoms with E-state index < -0.39 is 0 Å². The first-order valence-corrected chi connectivity index (χ1v) is 7.11. The van der Waals surface area contributed by atoms with Gasteiger partial charge in [0.2, 0.25) is 0 Å². The molecular formula is C12H21N3S. The van der Waals surface area contributed by atoms with Gasteiger partial charge in [-0.1, -0.05) is 6.92 Å². The van der Waals surface area contributed by atoms with E-state index in [0.29, 0.717) is 6.04 Å². The molecule has 16 heavy (non-hydrogen) atoms. The van der Waals surface area contributed by atoms with Crippen molar-refractivity contribution in [2.24, 2.45) is 0 Å². The van der Waals surface area contributed by atoms with Gasteiger partial charge in [-0.15, -0.1) is 11.3 Å². The molecule has 1 aliphatic rings. The maximum absolute atomic E-state index is 4.70. The molecule has 1 aliphatic heterocycles. The molecule has 90 valence electrons. The first-order valence-electron chi connectivity index (χ1n) is 6.23. The van der Waals surface area contributed by atoms with Gasteiger partial charge in [-0.05, 0) is 32.7 Å². The average molecular weight is 239 g/mol. The van der Waals surface area contributed by atoms with Gasteiger partial charge in [-0.3, -0.25) is 0 Å². The molecule has 1 aromatic heterocycles. The molecule has 1 aromatic rings. The summed E-state index contributed by atoms with van der Waals surface area (Å²) in [5, 5.41) is 6.71. The highest BCUT2D eigenvalue weighted by molar-refractivity contribution is 7.13. The minimum atomic E-state index is 0.659. The number of hydrogen-bond acceptors (Lipinski definition) is 4. The second-order valence-electron chi connectivity index (χ2n) is 4.44. The Morgan fingerprint density at radius 2 is 2.44 bits per heavy atom. The molecule has 2 heterocycles. The van der Waals surface area contributed by atoms with Crippen LogP contribution in [0.4, 0.5) is 5.13 Å². The molecule has 1 unspecified atom stereocenters. The van der Waals surface area contributed by atoms with Gasteiger partial charge in [0.1, 0.15) is 0 Å². The quantitative estimate of drug-likeness (QED) is 0.875. The first-order chi connectivity index (χ1) is 7.81. The molecular weight excluding hydrogens is 218 g/mol. The highest BCUT2D eigenvalue weighted by atomic mass is 32.1. The third-order valence-electron chi connectivity index (χ3n) is 3.14. The second-order valence-corrected chi connectivity index (χ2v) is 5.28. The van der Waals surface area contributed by atoms with E-state index in [-0.39, 0.29) is 0 Å². The summed E-state index contributed by atoms with van der Waals surface area (Å²) >= 11 is 1.79. The summed E-state index contributed by atoms with van der Waals surface area (Å²) in [7, 11) is 0. The lowest BCUT2D eigenvalue weighted by molar-refractivity contribution is 0.484. The van der Waals surface area contributed by atoms with E-state index in [1.807, 2.05) is 0 Å². The molecule has 1 saturated heterocycles. The first kappa shape index (κ1) is 11.9. The molecule has 3 nitrogen and oxygen atoms in total. The Bertz CT molecular complexity index is 324. The molecule has 4 heteroatoms. The molecule has 0 aromatic carbocycles. The molecule has 0 radical (unpaired) electrons. The van der Waals surface area contributed by atoms with E-state index >= 15 is 0 Å². The summed E-state index contributed by atoms with van der Waals surface area (Å²) < 4.78 is 0. The number of rotatable bonds is 4. The van der Waals surface area contributed by atoms with Crippen LogP contribution in [0.25, 0.3) is 0 Å². The SMILES string of the molecule is CCNCc1csc(N2CCCCC2C)n1. The second kappa shape index (κ2) is 5.64. The summed E-state index contributed by atoms with van der Waals surface area (Å²) in [5.41, 5.74) is 1.18. The predicted octanol–water partition coefficient (Wildman–Crippen LogP) is 2.63. The maximum atomic E-state index is 4.70. The van der Waals surface area contributed by atoms with Crippen LogP contribution in [0.2, 0.25) is 0 Å². The third-order valence-corrected chi connectivity index (χ3v) is 4.07. The van der Waals surface area contributed by atoms with Crippen molar-refractivity contribution in [3.05, 3.63) is 11.1 Å². The van der Waals surface area contributed by atoms with Gasteiger partial charge in [-0.25, -0.2) is 4.98 Å². The van der Waals surface area contributed by atoms with Crippen molar-refractivity contribution in [1.82, 2.24) is 10.3 Å². The Balaban J connectivity index is 1.99. The summed E-state index contributed by atoms with van der Waals surface area (Å²) in [6.07, 6.45) is 3.99. The van der Waals surface area contributed by atoms with Crippen LogP contribution in [-0.2, 0) is 6.54 Å². The third kappa shape index (κ3) is 2.74. The largest absolute Gasteiger partial charge is 0.345 e. The lowest BCUT2D eigenvalue weighted by Crippen LogP contribution is -2.37. The Hall–Kier alpha value is -0.610. The van der Waals surface area contributed by atoms with Gasteiger partial charge in [0, 0.05) is 24.5 Å². The lowest BCUT2D eigenvalue weighted by atomic mass is 10.1. The van der Waals surface area contributed by atoms with Crippen molar-refractivity contribution >= 4 is 16.5 Å². The Labute approximate surface area is 102 Å². The highest BCUT2D eigenvalue weighted by Crippen LogP contribution is 2.27. The van der Waals surface area contributed by atoms with Crippen LogP contribution < -0.4 is 10.2 Å². The van der Waals surface area contributed by atoms with Gasteiger partial charge in [-0.2, -0.15) is 0 Å². The summed E-state index contributed by atoms with van der Waals surface area (Å²) in [6.45, 7) is 7.52. The van der Waals surface area contributed by atoms with Crippen molar-refractivity contribution in [3.8, 4) is 0 Å². The summed E-state index contributed by atoms with van der Waals surface area (Å²) in [5.74, 6) is 0. The molecule has 1 atom stereocenters. The van der Waals surface area contributed by atoms with Crippen molar-refractivity contribution in [2.45, 2.75) is 45.7 Å². The van der Waals surface area contributed by atoms with Gasteiger partial charge in [0.05, 0.1) is 5.69 Å². The number of nitrogens with zero attached hydrogens (tertiary/aromatic N) is 2. The molecule has 0 amide bonds. The highest BCUT2D eigenvalue weighted by Gasteiger charge is 2.20. The minimum Gasteiger partial charge on any atom is -0.345 e. The monoisotopic (exact) mass is 239 g/mol. The number of thiazole rings is 1. The number of anilines is 1. The minimum absolute atomic E-state index is 0.659. The molecule has 0 bridgehead atoms. The van der Waals surface area contributed by atoms with E-state index in [1.54, 1.807) is 11.3 Å². The molecule has 2 rings (SSSR count). The lowest BCUT2D eigenvalue weighted by Gasteiger charge is -2.33. The standard InChI is InChI=1S/C12H21N3S/c1-3-13-8-11-9-16-12(14-11)15-7-5-4-6-10(15)2/h9-10,13H,3-8H2,1-2H3. The van der Waals surface area contributed by atoms with Crippen LogP contribution in [0.15, 0.2) is 5.38 Å².